The molecule has 6 rings (SSSR count). The minimum absolute atomic E-state index is 0.679. The fraction of sp³-hybridized carbons (Fsp3) is 0.500. The highest BCUT2D eigenvalue weighted by Gasteiger charge is 2.50. The van der Waals surface area contributed by atoms with Gasteiger partial charge in [0, 0.05) is 0 Å². The van der Waals surface area contributed by atoms with E-state index in [9.17, 15) is 0 Å². The summed E-state index contributed by atoms with van der Waals surface area (Å²) in [5.41, 5.74) is 0. The third-order valence-electron chi connectivity index (χ3n) is 6.23. The zero-order chi connectivity index (χ0) is 13.9. The Morgan fingerprint density at radius 1 is 0.762 bits per heavy atom. The Balaban J connectivity index is 1.54. The first-order valence-corrected chi connectivity index (χ1v) is 9.56. The minimum atomic E-state index is 0.679. The van der Waals surface area contributed by atoms with Crippen molar-refractivity contribution in [2.45, 2.75) is 43.7 Å². The summed E-state index contributed by atoms with van der Waals surface area (Å²) in [4.78, 5) is 0. The highest BCUT2D eigenvalue weighted by atomic mass is 31.1. The number of fused-ring (bicyclic) bond motifs is 1. The monoisotopic (exact) mass is 294 g/mol. The molecule has 0 N–H and O–H groups in total. The van der Waals surface area contributed by atoms with Crippen LogP contribution in [0.1, 0.15) is 38.5 Å². The molecule has 4 saturated carbocycles. The van der Waals surface area contributed by atoms with Crippen molar-refractivity contribution >= 4 is 24.7 Å². The molecule has 0 nitrogen and oxygen atoms in total. The van der Waals surface area contributed by atoms with Crippen molar-refractivity contribution in [2.75, 3.05) is 0 Å². The van der Waals surface area contributed by atoms with Gasteiger partial charge in [0.25, 0.3) is 0 Å². The van der Waals surface area contributed by atoms with Crippen LogP contribution < -0.4 is 5.30 Å². The summed E-state index contributed by atoms with van der Waals surface area (Å²) in [6.07, 6.45) is 9.25. The molecule has 4 aliphatic rings. The second-order valence-electron chi connectivity index (χ2n) is 7.85. The molecule has 4 fully saturated rings. The molecular weight excluding hydrogens is 271 g/mol. The molecule has 2 aromatic rings. The highest BCUT2D eigenvalue weighted by Crippen LogP contribution is 2.62. The normalized spacial score (nSPS) is 37.8. The second-order valence-corrected chi connectivity index (χ2v) is 9.70. The summed E-state index contributed by atoms with van der Waals surface area (Å²) in [5, 5.41) is 5.25. The van der Waals surface area contributed by atoms with E-state index in [1.807, 2.05) is 0 Å². The van der Waals surface area contributed by atoms with Crippen molar-refractivity contribution in [3.05, 3.63) is 42.5 Å². The Morgan fingerprint density at radius 2 is 1.38 bits per heavy atom. The standard InChI is InChI=1S/C20H23P/c1-2-6-18-17(4-1)5-3-7-19(18)21-20-11-14-8-15(12-20)10-16(9-14)13-20/h1-7,14-16,21H,8-13H2. The molecule has 1 heteroatoms. The van der Waals surface area contributed by atoms with E-state index in [4.69, 9.17) is 0 Å². The van der Waals surface area contributed by atoms with Crippen LogP contribution in [0.2, 0.25) is 0 Å². The lowest BCUT2D eigenvalue weighted by Crippen LogP contribution is -2.48. The van der Waals surface area contributed by atoms with Crippen LogP contribution in [0, 0.1) is 17.8 Å². The van der Waals surface area contributed by atoms with Gasteiger partial charge < -0.3 is 0 Å². The zero-order valence-corrected chi connectivity index (χ0v) is 13.5. The van der Waals surface area contributed by atoms with Gasteiger partial charge in [0.2, 0.25) is 0 Å². The molecule has 0 spiro atoms. The van der Waals surface area contributed by atoms with Crippen LogP contribution in [0.3, 0.4) is 0 Å². The number of benzene rings is 2. The van der Waals surface area contributed by atoms with Gasteiger partial charge in [0.1, 0.15) is 0 Å². The third-order valence-corrected chi connectivity index (χ3v) is 8.08. The van der Waals surface area contributed by atoms with Crippen LogP contribution in [0.15, 0.2) is 42.5 Å². The lowest BCUT2D eigenvalue weighted by molar-refractivity contribution is 0.0372. The molecule has 4 aliphatic carbocycles. The molecule has 1 unspecified atom stereocenters. The van der Waals surface area contributed by atoms with Crippen LogP contribution >= 0.6 is 8.58 Å². The second kappa shape index (κ2) is 4.56. The van der Waals surface area contributed by atoms with Gasteiger partial charge in [-0.2, -0.15) is 0 Å². The molecule has 0 saturated heterocycles. The maximum absolute atomic E-state index is 2.40. The van der Waals surface area contributed by atoms with E-state index in [1.165, 1.54) is 30.0 Å². The third kappa shape index (κ3) is 2.07. The van der Waals surface area contributed by atoms with Crippen molar-refractivity contribution in [3.8, 4) is 0 Å². The first-order chi connectivity index (χ1) is 10.3. The first-order valence-electron chi connectivity index (χ1n) is 8.56. The fourth-order valence-corrected chi connectivity index (χ4v) is 8.17. The van der Waals surface area contributed by atoms with Gasteiger partial charge in [-0.1, -0.05) is 51.0 Å². The Bertz CT molecular complexity index is 647. The SMILES string of the molecule is c1ccc2c(PC34CC5CC(CC(C5)C3)C4)cccc2c1. The summed E-state index contributed by atoms with van der Waals surface area (Å²) in [6, 6.07) is 15.9. The van der Waals surface area contributed by atoms with E-state index < -0.39 is 0 Å². The summed E-state index contributed by atoms with van der Waals surface area (Å²) >= 11 is 0. The summed E-state index contributed by atoms with van der Waals surface area (Å²) < 4.78 is 0. The lowest BCUT2D eigenvalue weighted by atomic mass is 9.56. The molecule has 4 bridgehead atoms. The van der Waals surface area contributed by atoms with Gasteiger partial charge >= 0.3 is 0 Å². The quantitative estimate of drug-likeness (QED) is 0.675. The van der Waals surface area contributed by atoms with Crippen LogP contribution in [-0.4, -0.2) is 5.16 Å². The predicted octanol–water partition coefficient (Wildman–Crippen LogP) is 5.11. The van der Waals surface area contributed by atoms with E-state index in [0.29, 0.717) is 5.16 Å². The predicted molar refractivity (Wildman–Crippen MR) is 92.8 cm³/mol. The Hall–Kier alpha value is -0.870. The van der Waals surface area contributed by atoms with E-state index in [2.05, 4.69) is 42.5 Å². The van der Waals surface area contributed by atoms with Crippen molar-refractivity contribution in [1.29, 1.82) is 0 Å². The Kier molecular flexibility index (Phi) is 2.75. The number of hydrogen-bond acceptors (Lipinski definition) is 0. The smallest absolute Gasteiger partial charge is 0.00735 e. The molecule has 1 atom stereocenters. The molecule has 0 amide bonds. The van der Waals surface area contributed by atoms with Crippen LogP contribution in [0.5, 0.6) is 0 Å². The van der Waals surface area contributed by atoms with Gasteiger partial charge in [-0.25, -0.2) is 0 Å². The van der Waals surface area contributed by atoms with Crippen LogP contribution in [0.4, 0.5) is 0 Å². The maximum Gasteiger partial charge on any atom is -0.00735 e. The van der Waals surface area contributed by atoms with Crippen molar-refractivity contribution in [1.82, 2.24) is 0 Å². The van der Waals surface area contributed by atoms with Crippen LogP contribution in [0.25, 0.3) is 10.8 Å². The summed E-state index contributed by atoms with van der Waals surface area (Å²) in [5.74, 6) is 3.20. The van der Waals surface area contributed by atoms with Gasteiger partial charge in [-0.3, -0.25) is 0 Å². The molecular formula is C20H23P. The zero-order valence-electron chi connectivity index (χ0n) is 12.5. The van der Waals surface area contributed by atoms with Gasteiger partial charge in [-0.15, -0.1) is 0 Å². The van der Waals surface area contributed by atoms with Crippen molar-refractivity contribution < 1.29 is 0 Å². The van der Waals surface area contributed by atoms with E-state index in [0.717, 1.165) is 26.3 Å². The Morgan fingerprint density at radius 3 is 2.10 bits per heavy atom. The van der Waals surface area contributed by atoms with Gasteiger partial charge in [0.05, 0.1) is 0 Å². The average Bonchev–Trinajstić information content (AvgIpc) is 2.46. The molecule has 108 valence electrons. The summed E-state index contributed by atoms with van der Waals surface area (Å²) in [7, 11) is 1.03. The minimum Gasteiger partial charge on any atom is -0.0833 e. The topological polar surface area (TPSA) is 0 Å². The molecule has 0 aromatic heterocycles. The number of hydrogen-bond donors (Lipinski definition) is 0. The van der Waals surface area contributed by atoms with Crippen LogP contribution in [-0.2, 0) is 0 Å². The Labute approximate surface area is 129 Å². The highest BCUT2D eigenvalue weighted by molar-refractivity contribution is 7.49. The van der Waals surface area contributed by atoms with E-state index >= 15 is 0 Å². The fourth-order valence-electron chi connectivity index (χ4n) is 5.88. The van der Waals surface area contributed by atoms with Crippen molar-refractivity contribution in [2.24, 2.45) is 17.8 Å². The van der Waals surface area contributed by atoms with Crippen molar-refractivity contribution in [3.63, 3.8) is 0 Å². The maximum atomic E-state index is 2.40. The van der Waals surface area contributed by atoms with E-state index in [-0.39, 0.29) is 0 Å². The molecule has 2 aromatic carbocycles. The molecule has 0 radical (unpaired) electrons. The molecule has 21 heavy (non-hydrogen) atoms. The largest absolute Gasteiger partial charge is 0.0833 e. The average molecular weight is 294 g/mol. The van der Waals surface area contributed by atoms with E-state index in [1.54, 1.807) is 24.6 Å². The number of rotatable bonds is 2. The van der Waals surface area contributed by atoms with Gasteiger partial charge in [0.15, 0.2) is 0 Å². The first kappa shape index (κ1) is 12.7. The molecule has 0 aliphatic heterocycles. The lowest BCUT2D eigenvalue weighted by Gasteiger charge is -2.57. The summed E-state index contributed by atoms with van der Waals surface area (Å²) in [6.45, 7) is 0. The van der Waals surface area contributed by atoms with Gasteiger partial charge in [-0.05, 0) is 77.5 Å². The molecule has 0 heterocycles.